The van der Waals surface area contributed by atoms with E-state index in [1.54, 1.807) is 22.3 Å². The topological polar surface area (TPSA) is 6.48 Å². The Kier molecular flexibility index (Phi) is 13.0. The minimum atomic E-state index is -0.167. The van der Waals surface area contributed by atoms with Gasteiger partial charge >= 0.3 is 0 Å². The Balaban J connectivity index is 0.636. The fourth-order valence-electron chi connectivity index (χ4n) is 24.9. The van der Waals surface area contributed by atoms with Crippen LogP contribution in [0, 0.1) is 47.3 Å². The molecule has 14 aromatic rings. The van der Waals surface area contributed by atoms with Gasteiger partial charge in [-0.25, -0.2) is 0 Å². The molecule has 0 radical (unpaired) electrons. The number of benzene rings is 14. The van der Waals surface area contributed by atoms with Crippen molar-refractivity contribution in [2.24, 2.45) is 47.3 Å². The normalized spacial score (nSPS) is 24.4. The summed E-state index contributed by atoms with van der Waals surface area (Å²) >= 11 is 0. The highest BCUT2D eigenvalue weighted by molar-refractivity contribution is 6.07. The fraction of sp³-hybridized carbons (Fsp3) is 0.223. The third-order valence-corrected chi connectivity index (χ3v) is 28.7. The summed E-state index contributed by atoms with van der Waals surface area (Å²) in [5.74, 6) is 6.25. The van der Waals surface area contributed by atoms with Gasteiger partial charge in [0.1, 0.15) is 0 Å². The maximum Gasteiger partial charge on any atom is 0.0540 e. The van der Waals surface area contributed by atoms with Gasteiger partial charge in [-0.3, -0.25) is 0 Å². The molecular weight excluding hydrogens is 1270 g/mol. The molecule has 0 N–H and O–H groups in total. The van der Waals surface area contributed by atoms with E-state index < -0.39 is 0 Å². The summed E-state index contributed by atoms with van der Waals surface area (Å²) in [6.07, 6.45) is 13.8. The highest BCUT2D eigenvalue weighted by Crippen LogP contribution is 2.72. The maximum atomic E-state index is 2.70. The lowest BCUT2D eigenvalue weighted by atomic mass is 9.43. The van der Waals surface area contributed by atoms with Crippen molar-refractivity contribution in [1.82, 2.24) is 0 Å². The number of hydrogen-bond donors (Lipinski definition) is 0. The zero-order chi connectivity index (χ0) is 69.0. The lowest BCUT2D eigenvalue weighted by Crippen LogP contribution is -2.55. The van der Waals surface area contributed by atoms with Crippen molar-refractivity contribution in [3.8, 4) is 77.9 Å². The Bertz CT molecular complexity index is 5920. The molecule has 0 amide bonds. The average Bonchev–Trinajstić information content (AvgIpc) is 1.53. The highest BCUT2D eigenvalue weighted by Gasteiger charge is 2.64. The molecule has 10 aliphatic carbocycles. The van der Waals surface area contributed by atoms with Gasteiger partial charge in [0.25, 0.3) is 0 Å². The second-order valence-corrected chi connectivity index (χ2v) is 33.8. The van der Waals surface area contributed by atoms with Crippen LogP contribution in [0.15, 0.2) is 303 Å². The molecule has 14 aromatic carbocycles. The summed E-state index contributed by atoms with van der Waals surface area (Å²) < 4.78 is 0. The second-order valence-electron chi connectivity index (χ2n) is 33.8. The van der Waals surface area contributed by atoms with Crippen molar-refractivity contribution in [3.63, 3.8) is 0 Å². The smallest absolute Gasteiger partial charge is 0.0540 e. The Morgan fingerprint density at radius 2 is 0.733 bits per heavy atom. The Labute approximate surface area is 617 Å². The predicted octanol–water partition coefficient (Wildman–Crippen LogP) is 27.4. The molecule has 7 fully saturated rings. The molecule has 506 valence electrons. The minimum absolute atomic E-state index is 0.0351. The lowest BCUT2D eigenvalue weighted by Gasteiger charge is -2.61. The van der Waals surface area contributed by atoms with Gasteiger partial charge in [0.05, 0.1) is 11.4 Å². The number of anilines is 6. The first-order valence-corrected chi connectivity index (χ1v) is 39.5. The molecule has 2 spiro atoms. The molecular formula is C103H84N2. The van der Waals surface area contributed by atoms with Crippen LogP contribution in [0.4, 0.5) is 34.1 Å². The van der Waals surface area contributed by atoms with Crippen molar-refractivity contribution in [1.29, 1.82) is 0 Å². The van der Waals surface area contributed by atoms with Crippen molar-refractivity contribution < 1.29 is 0 Å². The third kappa shape index (κ3) is 8.60. The number of rotatable bonds is 10. The first-order valence-electron chi connectivity index (χ1n) is 39.5. The van der Waals surface area contributed by atoms with E-state index in [1.807, 2.05) is 0 Å². The van der Waals surface area contributed by atoms with Gasteiger partial charge in [-0.05, 0) is 306 Å². The number of nitrogens with zero attached hydrogens (tertiary/aromatic N) is 2. The van der Waals surface area contributed by atoms with Crippen LogP contribution >= 0.6 is 0 Å². The Morgan fingerprint density at radius 1 is 0.257 bits per heavy atom. The highest BCUT2D eigenvalue weighted by atomic mass is 15.2. The van der Waals surface area contributed by atoms with Crippen LogP contribution in [-0.2, 0) is 16.2 Å². The van der Waals surface area contributed by atoms with E-state index in [-0.39, 0.29) is 16.2 Å². The summed E-state index contributed by atoms with van der Waals surface area (Å²) in [4.78, 5) is 5.15. The SMILES string of the molecule is CC1(C)c2ccccc2-c2ccc(N(c3ccc4c(c3)C3(c5ccccc5-4)[C@@H]4CCC5C[C@@H](C4)C[C@H]53)c3ccc(-c4ccc(-c5ccc(N(c6cccc(-c7ccc8c(c7)C7(c9ccccc9-8)[C@H]8CC9C[C@H](C8)C[C@H]7C9)c6)c6cccc7ccccc67)cc5)c5ccccc45)cc3-c3ccccc3)cc21. The largest absolute Gasteiger partial charge is 0.310 e. The molecule has 7 bridgehead atoms. The van der Waals surface area contributed by atoms with Gasteiger partial charge in [0.15, 0.2) is 0 Å². The van der Waals surface area contributed by atoms with E-state index in [1.165, 1.54) is 198 Å². The summed E-state index contributed by atoms with van der Waals surface area (Å²) in [6, 6.07) is 118. The number of fused-ring (bicyclic) bond motifs is 12. The third-order valence-electron chi connectivity index (χ3n) is 28.7. The summed E-state index contributed by atoms with van der Waals surface area (Å²) in [5.41, 5.74) is 34.6. The zero-order valence-corrected chi connectivity index (χ0v) is 60.0. The monoisotopic (exact) mass is 1350 g/mol. The second kappa shape index (κ2) is 22.6. The molecule has 0 aromatic heterocycles. The molecule has 0 saturated heterocycles. The molecule has 105 heavy (non-hydrogen) atoms. The summed E-state index contributed by atoms with van der Waals surface area (Å²) in [7, 11) is 0. The van der Waals surface area contributed by atoms with Crippen LogP contribution in [-0.4, -0.2) is 0 Å². The summed E-state index contributed by atoms with van der Waals surface area (Å²) in [6.45, 7) is 4.85. The summed E-state index contributed by atoms with van der Waals surface area (Å²) in [5, 5.41) is 4.93. The predicted molar refractivity (Wildman–Crippen MR) is 437 cm³/mol. The Morgan fingerprint density at radius 3 is 1.47 bits per heavy atom. The van der Waals surface area contributed by atoms with Crippen molar-refractivity contribution in [2.75, 3.05) is 9.80 Å². The van der Waals surface area contributed by atoms with Crippen LogP contribution in [0.3, 0.4) is 0 Å². The average molecular weight is 1350 g/mol. The lowest BCUT2D eigenvalue weighted by molar-refractivity contribution is -0.0399. The van der Waals surface area contributed by atoms with Gasteiger partial charge < -0.3 is 9.80 Å². The van der Waals surface area contributed by atoms with Crippen molar-refractivity contribution >= 4 is 55.7 Å². The molecule has 5 atom stereocenters. The fourth-order valence-corrected chi connectivity index (χ4v) is 24.9. The van der Waals surface area contributed by atoms with E-state index in [4.69, 9.17) is 0 Å². The van der Waals surface area contributed by atoms with Crippen LogP contribution in [0.2, 0.25) is 0 Å². The van der Waals surface area contributed by atoms with Gasteiger partial charge in [-0.2, -0.15) is 0 Å². The van der Waals surface area contributed by atoms with Crippen molar-refractivity contribution in [3.05, 3.63) is 337 Å². The molecule has 2 nitrogen and oxygen atoms in total. The van der Waals surface area contributed by atoms with E-state index in [0.717, 1.165) is 46.9 Å². The number of hydrogen-bond acceptors (Lipinski definition) is 2. The first-order chi connectivity index (χ1) is 51.7. The molecule has 2 heteroatoms. The van der Waals surface area contributed by atoms with E-state index in [0.29, 0.717) is 11.8 Å². The van der Waals surface area contributed by atoms with Crippen LogP contribution in [0.5, 0.6) is 0 Å². The first kappa shape index (κ1) is 60.6. The van der Waals surface area contributed by atoms with E-state index in [2.05, 4.69) is 327 Å². The standard InChI is InChI=1S/C103H84N2/c1-101(2)92-30-13-10-27-85(92)88-45-42-78(61-96(88)101)105(79-43-46-90-87-29-12-15-32-94(87)103(98(90)62-79)73-39-34-72-51-65(52-73)57-95(72)103)100-49-38-71(59-91(100)67-18-4-3-5-19-67)81-48-47-80(83-25-8-9-26-84(81)83)68-35-40-76(41-36-68)104(99-33-17-21-66-20-6-7-24-82(66)99)77-23-16-22-69(58-77)70-37-44-89-86-28-11-14-31-93(86)102(97(89)60-70)74-53-63-50-64(55-74)56-75(102)54-63/h3-33,35-38,40-49,58-65,72-75,95H,34,39,50-57H2,1-2H3/t63-,64?,65-,72?,73+,74-,75+,95+,102?,103?/m0/s1. The van der Waals surface area contributed by atoms with Crippen LogP contribution in [0.25, 0.3) is 99.4 Å². The molecule has 24 rings (SSSR count). The van der Waals surface area contributed by atoms with E-state index >= 15 is 0 Å². The van der Waals surface area contributed by atoms with E-state index in [9.17, 15) is 0 Å². The molecule has 0 aliphatic heterocycles. The molecule has 2 unspecified atom stereocenters. The molecule has 10 aliphatic rings. The molecule has 7 saturated carbocycles. The molecule has 0 heterocycles. The maximum absolute atomic E-state index is 2.70. The van der Waals surface area contributed by atoms with Crippen molar-refractivity contribution in [2.45, 2.75) is 94.3 Å². The minimum Gasteiger partial charge on any atom is -0.310 e. The van der Waals surface area contributed by atoms with Gasteiger partial charge in [-0.1, -0.05) is 244 Å². The zero-order valence-electron chi connectivity index (χ0n) is 60.0. The van der Waals surface area contributed by atoms with Gasteiger partial charge in [-0.15, -0.1) is 0 Å². The van der Waals surface area contributed by atoms with Gasteiger partial charge in [0, 0.05) is 49.9 Å². The van der Waals surface area contributed by atoms with Gasteiger partial charge in [0.2, 0.25) is 0 Å². The van der Waals surface area contributed by atoms with Crippen LogP contribution in [0.1, 0.15) is 111 Å². The Hall–Kier alpha value is -10.8. The van der Waals surface area contributed by atoms with Crippen LogP contribution < -0.4 is 9.80 Å². The quantitative estimate of drug-likeness (QED) is 0.135.